The van der Waals surface area contributed by atoms with Crippen LogP contribution in [0.1, 0.15) is 25.3 Å². The molecule has 0 fully saturated rings. The molecule has 20 heavy (non-hydrogen) atoms. The molecule has 1 aromatic heterocycles. The number of fused-ring (bicyclic) bond motifs is 1. The summed E-state index contributed by atoms with van der Waals surface area (Å²) in [6.45, 7) is 2.89. The Morgan fingerprint density at radius 3 is 2.95 bits per heavy atom. The van der Waals surface area contributed by atoms with Gasteiger partial charge in [0.15, 0.2) is 0 Å². The number of nitrogens with one attached hydrogen (secondary N) is 3. The van der Waals surface area contributed by atoms with Crippen LogP contribution in [0.2, 0.25) is 0 Å². The summed E-state index contributed by atoms with van der Waals surface area (Å²) in [6.07, 6.45) is 3.73. The molecule has 2 aromatic rings. The number of aliphatic carboxylic acids is 1. The molecule has 5 heteroatoms. The number of hydrogen-bond donors (Lipinski definition) is 4. The quantitative estimate of drug-likeness (QED) is 0.439. The van der Waals surface area contributed by atoms with Gasteiger partial charge in [-0.2, -0.15) is 0 Å². The summed E-state index contributed by atoms with van der Waals surface area (Å²) in [5.41, 5.74) is 8.41. The molecule has 0 aliphatic rings. The molecular formula is C15H21N3O2. The van der Waals surface area contributed by atoms with Crippen molar-refractivity contribution in [1.29, 1.82) is 0 Å². The predicted molar refractivity (Wildman–Crippen MR) is 79.5 cm³/mol. The van der Waals surface area contributed by atoms with Crippen LogP contribution in [0.3, 0.4) is 0 Å². The van der Waals surface area contributed by atoms with Crippen molar-refractivity contribution in [3.8, 4) is 0 Å². The Morgan fingerprint density at radius 1 is 1.40 bits per heavy atom. The van der Waals surface area contributed by atoms with Gasteiger partial charge in [0.2, 0.25) is 0 Å². The van der Waals surface area contributed by atoms with Crippen LogP contribution >= 0.6 is 0 Å². The van der Waals surface area contributed by atoms with Crippen molar-refractivity contribution in [2.45, 2.75) is 32.2 Å². The van der Waals surface area contributed by atoms with Gasteiger partial charge in [-0.3, -0.25) is 15.6 Å². The zero-order chi connectivity index (χ0) is 14.4. The van der Waals surface area contributed by atoms with Gasteiger partial charge in [-0.25, -0.2) is 0 Å². The van der Waals surface area contributed by atoms with Crippen molar-refractivity contribution < 1.29 is 9.90 Å². The first-order valence-electron chi connectivity index (χ1n) is 6.96. The third-order valence-electron chi connectivity index (χ3n) is 3.24. The molecule has 108 valence electrons. The van der Waals surface area contributed by atoms with Crippen molar-refractivity contribution in [3.05, 3.63) is 36.0 Å². The fourth-order valence-corrected chi connectivity index (χ4v) is 2.29. The average Bonchev–Trinajstić information content (AvgIpc) is 2.82. The molecule has 1 heterocycles. The smallest absolute Gasteiger partial charge is 0.304 e. The normalized spacial score (nSPS) is 12.7. The monoisotopic (exact) mass is 275 g/mol. The van der Waals surface area contributed by atoms with Crippen LogP contribution in [0.4, 0.5) is 0 Å². The van der Waals surface area contributed by atoms with Crippen molar-refractivity contribution in [2.75, 3.05) is 6.54 Å². The first-order valence-corrected chi connectivity index (χ1v) is 6.96. The first kappa shape index (κ1) is 14.6. The van der Waals surface area contributed by atoms with E-state index in [0.29, 0.717) is 6.42 Å². The third-order valence-corrected chi connectivity index (χ3v) is 3.24. The van der Waals surface area contributed by atoms with Crippen LogP contribution in [0.15, 0.2) is 30.5 Å². The van der Waals surface area contributed by atoms with E-state index in [4.69, 9.17) is 5.11 Å². The molecule has 1 atom stereocenters. The number of carbonyl (C=O) groups is 1. The molecule has 0 amide bonds. The second kappa shape index (κ2) is 7.07. The second-order valence-corrected chi connectivity index (χ2v) is 4.93. The number of aromatic nitrogens is 1. The van der Waals surface area contributed by atoms with E-state index in [1.807, 2.05) is 24.4 Å². The number of hydrogen-bond acceptors (Lipinski definition) is 3. The van der Waals surface area contributed by atoms with Gasteiger partial charge >= 0.3 is 5.97 Å². The number of rotatable bonds is 8. The van der Waals surface area contributed by atoms with Gasteiger partial charge in [0, 0.05) is 29.7 Å². The Morgan fingerprint density at radius 2 is 2.20 bits per heavy atom. The third kappa shape index (κ3) is 3.82. The molecule has 0 saturated heterocycles. The molecule has 0 unspecified atom stereocenters. The number of para-hydroxylation sites is 1. The van der Waals surface area contributed by atoms with Crippen molar-refractivity contribution in [2.24, 2.45) is 0 Å². The van der Waals surface area contributed by atoms with E-state index in [9.17, 15) is 4.79 Å². The van der Waals surface area contributed by atoms with E-state index in [1.165, 1.54) is 0 Å². The SMILES string of the molecule is CCCNN[C@H](CC(=O)O)Cc1c[nH]c2ccccc12. The molecule has 2 rings (SSSR count). The van der Waals surface area contributed by atoms with Gasteiger partial charge in [0.05, 0.1) is 6.42 Å². The molecule has 4 N–H and O–H groups in total. The highest BCUT2D eigenvalue weighted by molar-refractivity contribution is 5.83. The van der Waals surface area contributed by atoms with Gasteiger partial charge in [-0.15, -0.1) is 0 Å². The summed E-state index contributed by atoms with van der Waals surface area (Å²) in [6, 6.07) is 7.93. The molecule has 5 nitrogen and oxygen atoms in total. The van der Waals surface area contributed by atoms with E-state index >= 15 is 0 Å². The average molecular weight is 275 g/mol. The van der Waals surface area contributed by atoms with Gasteiger partial charge in [0.1, 0.15) is 0 Å². The first-order chi connectivity index (χ1) is 9.70. The topological polar surface area (TPSA) is 77.2 Å². The van der Waals surface area contributed by atoms with E-state index in [0.717, 1.165) is 29.4 Å². The molecule has 0 spiro atoms. The van der Waals surface area contributed by atoms with Crippen LogP contribution in [0.5, 0.6) is 0 Å². The molecule has 1 aromatic carbocycles. The summed E-state index contributed by atoms with van der Waals surface area (Å²) >= 11 is 0. The van der Waals surface area contributed by atoms with Crippen LogP contribution in [0, 0.1) is 0 Å². The maximum atomic E-state index is 11.0. The van der Waals surface area contributed by atoms with E-state index in [-0.39, 0.29) is 12.5 Å². The zero-order valence-electron chi connectivity index (χ0n) is 11.6. The second-order valence-electron chi connectivity index (χ2n) is 4.93. The number of hydrazine groups is 1. The highest BCUT2D eigenvalue weighted by atomic mass is 16.4. The van der Waals surface area contributed by atoms with Crippen molar-refractivity contribution in [3.63, 3.8) is 0 Å². The van der Waals surface area contributed by atoms with Gasteiger partial charge < -0.3 is 10.1 Å². The highest BCUT2D eigenvalue weighted by Crippen LogP contribution is 2.19. The Kier molecular flexibility index (Phi) is 5.15. The van der Waals surface area contributed by atoms with Crippen LogP contribution in [-0.4, -0.2) is 28.6 Å². The highest BCUT2D eigenvalue weighted by Gasteiger charge is 2.15. The number of aromatic amines is 1. The molecule has 0 aliphatic heterocycles. The molecule has 0 aliphatic carbocycles. The van der Waals surface area contributed by atoms with E-state index in [2.05, 4.69) is 28.8 Å². The van der Waals surface area contributed by atoms with E-state index in [1.54, 1.807) is 0 Å². The zero-order valence-corrected chi connectivity index (χ0v) is 11.6. The van der Waals surface area contributed by atoms with Gasteiger partial charge in [0.25, 0.3) is 0 Å². The molecule has 0 bridgehead atoms. The Balaban J connectivity index is 2.07. The van der Waals surface area contributed by atoms with Crippen LogP contribution in [-0.2, 0) is 11.2 Å². The summed E-state index contributed by atoms with van der Waals surface area (Å²) in [5.74, 6) is -0.791. The summed E-state index contributed by atoms with van der Waals surface area (Å²) < 4.78 is 0. The Hall–Kier alpha value is -1.85. The minimum atomic E-state index is -0.791. The van der Waals surface area contributed by atoms with Crippen molar-refractivity contribution >= 4 is 16.9 Å². The number of carboxylic acid groups (broad SMARTS) is 1. The van der Waals surface area contributed by atoms with Crippen LogP contribution < -0.4 is 10.9 Å². The lowest BCUT2D eigenvalue weighted by Gasteiger charge is -2.17. The summed E-state index contributed by atoms with van der Waals surface area (Å²) in [7, 11) is 0. The fourth-order valence-electron chi connectivity index (χ4n) is 2.29. The van der Waals surface area contributed by atoms with Crippen LogP contribution in [0.25, 0.3) is 10.9 Å². The van der Waals surface area contributed by atoms with Gasteiger partial charge in [-0.1, -0.05) is 25.1 Å². The molecule has 0 saturated carbocycles. The summed E-state index contributed by atoms with van der Waals surface area (Å²) in [5, 5.41) is 10.2. The predicted octanol–water partition coefficient (Wildman–Crippen LogP) is 2.06. The summed E-state index contributed by atoms with van der Waals surface area (Å²) in [4.78, 5) is 14.2. The lowest BCUT2D eigenvalue weighted by atomic mass is 10.0. The maximum Gasteiger partial charge on any atom is 0.304 e. The number of H-pyrrole nitrogens is 1. The minimum Gasteiger partial charge on any atom is -0.481 e. The minimum absolute atomic E-state index is 0.0935. The van der Waals surface area contributed by atoms with E-state index < -0.39 is 5.97 Å². The lowest BCUT2D eigenvalue weighted by Crippen LogP contribution is -2.43. The van der Waals surface area contributed by atoms with Gasteiger partial charge in [-0.05, 0) is 24.5 Å². The number of carboxylic acids is 1. The van der Waals surface area contributed by atoms with Crippen molar-refractivity contribution in [1.82, 2.24) is 15.8 Å². The fraction of sp³-hybridized carbons (Fsp3) is 0.400. The number of benzene rings is 1. The molecule has 0 radical (unpaired) electrons. The molecular weight excluding hydrogens is 254 g/mol. The largest absolute Gasteiger partial charge is 0.481 e. The standard InChI is InChI=1S/C15H21N3O2/c1-2-7-17-18-12(9-15(19)20)8-11-10-16-14-6-4-3-5-13(11)14/h3-6,10,12,16-18H,2,7-9H2,1H3,(H,19,20)/t12-/m0/s1. The lowest BCUT2D eigenvalue weighted by molar-refractivity contribution is -0.137. The Labute approximate surface area is 118 Å². The Bertz CT molecular complexity index is 565. The maximum absolute atomic E-state index is 11.0.